The zero-order chi connectivity index (χ0) is 18.7. The third-order valence-electron chi connectivity index (χ3n) is 4.50. The number of esters is 1. The molecule has 0 radical (unpaired) electrons. The Balaban J connectivity index is 1.66. The summed E-state index contributed by atoms with van der Waals surface area (Å²) in [4.78, 5) is 25.7. The Morgan fingerprint density at radius 1 is 1.31 bits per heavy atom. The van der Waals surface area contributed by atoms with Crippen molar-refractivity contribution in [3.05, 3.63) is 50.3 Å². The van der Waals surface area contributed by atoms with Gasteiger partial charge in [0.05, 0.1) is 19.2 Å². The van der Waals surface area contributed by atoms with E-state index in [4.69, 9.17) is 4.74 Å². The van der Waals surface area contributed by atoms with Crippen LogP contribution in [-0.2, 0) is 22.4 Å². The van der Waals surface area contributed by atoms with Gasteiger partial charge in [0.1, 0.15) is 5.00 Å². The van der Waals surface area contributed by atoms with E-state index in [1.165, 1.54) is 23.3 Å². The molecule has 1 aliphatic carbocycles. The van der Waals surface area contributed by atoms with Crippen LogP contribution < -0.4 is 10.6 Å². The molecule has 5 nitrogen and oxygen atoms in total. The van der Waals surface area contributed by atoms with Crippen molar-refractivity contribution >= 4 is 44.1 Å². The van der Waals surface area contributed by atoms with E-state index in [9.17, 15) is 9.59 Å². The van der Waals surface area contributed by atoms with Crippen LogP contribution in [0.1, 0.15) is 45.7 Å². The molecule has 0 saturated heterocycles. The molecule has 3 rings (SSSR count). The number of hydrogen-bond acceptors (Lipinski definition) is 5. The highest BCUT2D eigenvalue weighted by molar-refractivity contribution is 9.10. The van der Waals surface area contributed by atoms with E-state index in [1.54, 1.807) is 0 Å². The Morgan fingerprint density at radius 2 is 2.08 bits per heavy atom. The zero-order valence-corrected chi connectivity index (χ0v) is 17.1. The largest absolute Gasteiger partial charge is 0.465 e. The number of fused-ring (bicyclic) bond motifs is 1. The predicted molar refractivity (Wildman–Crippen MR) is 107 cm³/mol. The number of benzene rings is 1. The molecule has 1 aromatic carbocycles. The molecule has 1 heterocycles. The fourth-order valence-corrected chi connectivity index (χ4v) is 5.08. The third kappa shape index (κ3) is 4.00. The Kier molecular flexibility index (Phi) is 6.11. The summed E-state index contributed by atoms with van der Waals surface area (Å²) in [6.45, 7) is 2.17. The molecule has 0 fully saturated rings. The number of methoxy groups -OCH3 is 1. The van der Waals surface area contributed by atoms with E-state index < -0.39 is 0 Å². The van der Waals surface area contributed by atoms with Gasteiger partial charge in [-0.3, -0.25) is 4.79 Å². The average molecular weight is 437 g/mol. The number of carbonyl (C=O) groups excluding carboxylic acids is 2. The van der Waals surface area contributed by atoms with Crippen LogP contribution in [0.25, 0.3) is 0 Å². The van der Waals surface area contributed by atoms with E-state index >= 15 is 0 Å². The summed E-state index contributed by atoms with van der Waals surface area (Å²) in [5, 5.41) is 6.70. The SMILES string of the molecule is COC(=O)c1c(NC(=O)CN[C@@H](C)c2ccccc2Br)sc2c1CCC2. The van der Waals surface area contributed by atoms with Gasteiger partial charge in [0.15, 0.2) is 0 Å². The highest BCUT2D eigenvalue weighted by Gasteiger charge is 2.28. The molecule has 2 aromatic rings. The molecule has 0 saturated carbocycles. The van der Waals surface area contributed by atoms with E-state index in [1.807, 2.05) is 31.2 Å². The Labute approximate surface area is 165 Å². The zero-order valence-electron chi connectivity index (χ0n) is 14.7. The maximum atomic E-state index is 12.4. The van der Waals surface area contributed by atoms with E-state index in [0.717, 1.165) is 34.9 Å². The van der Waals surface area contributed by atoms with Crippen molar-refractivity contribution < 1.29 is 14.3 Å². The number of rotatable bonds is 6. The second kappa shape index (κ2) is 8.33. The number of amides is 1. The first-order valence-corrected chi connectivity index (χ1v) is 10.1. The standard InChI is InChI=1S/C19H21BrN2O3S/c1-11(12-6-3-4-8-14(12)20)21-10-16(23)22-18-17(19(24)25-2)13-7-5-9-15(13)26-18/h3-4,6,8,11,21H,5,7,9-10H2,1-2H3,(H,22,23)/t11-/m0/s1. The number of nitrogens with one attached hydrogen (secondary N) is 2. The topological polar surface area (TPSA) is 67.4 Å². The number of aryl methyl sites for hydroxylation is 1. The van der Waals surface area contributed by atoms with Crippen LogP contribution in [0.3, 0.4) is 0 Å². The Hall–Kier alpha value is -1.70. The minimum absolute atomic E-state index is 0.0183. The highest BCUT2D eigenvalue weighted by atomic mass is 79.9. The lowest BCUT2D eigenvalue weighted by molar-refractivity contribution is -0.115. The monoisotopic (exact) mass is 436 g/mol. The van der Waals surface area contributed by atoms with Gasteiger partial charge >= 0.3 is 5.97 Å². The lowest BCUT2D eigenvalue weighted by Crippen LogP contribution is -2.30. The normalized spacial score (nSPS) is 14.0. The van der Waals surface area contributed by atoms with Gasteiger partial charge < -0.3 is 15.4 Å². The van der Waals surface area contributed by atoms with E-state index in [0.29, 0.717) is 10.6 Å². The lowest BCUT2D eigenvalue weighted by atomic mass is 10.1. The van der Waals surface area contributed by atoms with Gasteiger partial charge in [-0.15, -0.1) is 11.3 Å². The van der Waals surface area contributed by atoms with Crippen molar-refractivity contribution in [3.8, 4) is 0 Å². The number of ether oxygens (including phenoxy) is 1. The van der Waals surface area contributed by atoms with Crippen LogP contribution in [-0.4, -0.2) is 25.5 Å². The highest BCUT2D eigenvalue weighted by Crippen LogP contribution is 2.39. The summed E-state index contributed by atoms with van der Waals surface area (Å²) in [6, 6.07) is 7.93. The summed E-state index contributed by atoms with van der Waals surface area (Å²) in [5.74, 6) is -0.553. The van der Waals surface area contributed by atoms with Crippen molar-refractivity contribution in [2.75, 3.05) is 19.0 Å². The molecule has 0 bridgehead atoms. The van der Waals surface area contributed by atoms with E-state index in [-0.39, 0.29) is 24.5 Å². The number of halogens is 1. The number of carbonyl (C=O) groups is 2. The minimum atomic E-state index is -0.380. The molecule has 1 atom stereocenters. The summed E-state index contributed by atoms with van der Waals surface area (Å²) in [5.41, 5.74) is 2.65. The van der Waals surface area contributed by atoms with Gasteiger partial charge in [0.2, 0.25) is 5.91 Å². The van der Waals surface area contributed by atoms with Crippen LogP contribution in [0.5, 0.6) is 0 Å². The van der Waals surface area contributed by atoms with Crippen molar-refractivity contribution in [2.45, 2.75) is 32.2 Å². The smallest absolute Gasteiger partial charge is 0.341 e. The van der Waals surface area contributed by atoms with Gasteiger partial charge in [-0.05, 0) is 43.4 Å². The van der Waals surface area contributed by atoms with Crippen LogP contribution in [0.15, 0.2) is 28.7 Å². The second-order valence-corrected chi connectivity index (χ2v) is 8.18. The molecule has 0 aliphatic heterocycles. The number of thiophene rings is 1. The van der Waals surface area contributed by atoms with Crippen LogP contribution in [0, 0.1) is 0 Å². The first-order chi connectivity index (χ1) is 12.5. The van der Waals surface area contributed by atoms with Crippen molar-refractivity contribution in [1.29, 1.82) is 0 Å². The van der Waals surface area contributed by atoms with Gasteiger partial charge in [-0.25, -0.2) is 4.79 Å². The van der Waals surface area contributed by atoms with Crippen molar-refractivity contribution in [1.82, 2.24) is 5.32 Å². The van der Waals surface area contributed by atoms with Crippen LogP contribution in [0.2, 0.25) is 0 Å². The maximum absolute atomic E-state index is 12.4. The molecular formula is C19H21BrN2O3S. The molecule has 1 aromatic heterocycles. The summed E-state index contributed by atoms with van der Waals surface area (Å²) in [7, 11) is 1.37. The van der Waals surface area contributed by atoms with Gasteiger partial charge in [-0.2, -0.15) is 0 Å². The molecule has 0 spiro atoms. The molecule has 1 aliphatic rings. The average Bonchev–Trinajstić information content (AvgIpc) is 3.20. The second-order valence-electron chi connectivity index (χ2n) is 6.23. The first-order valence-electron chi connectivity index (χ1n) is 8.51. The molecule has 7 heteroatoms. The summed E-state index contributed by atoms with van der Waals surface area (Å²) < 4.78 is 5.91. The Morgan fingerprint density at radius 3 is 2.81 bits per heavy atom. The van der Waals surface area contributed by atoms with Crippen molar-refractivity contribution in [2.24, 2.45) is 0 Å². The molecule has 1 amide bonds. The molecule has 0 unspecified atom stereocenters. The number of anilines is 1. The van der Waals surface area contributed by atoms with Gasteiger partial charge in [0, 0.05) is 15.4 Å². The molecular weight excluding hydrogens is 416 g/mol. The predicted octanol–water partition coefficient (Wildman–Crippen LogP) is 4.08. The lowest BCUT2D eigenvalue weighted by Gasteiger charge is -2.15. The number of hydrogen-bond donors (Lipinski definition) is 2. The molecule has 138 valence electrons. The summed E-state index contributed by atoms with van der Waals surface area (Å²) in [6.07, 6.45) is 2.87. The molecule has 2 N–H and O–H groups in total. The fourth-order valence-electron chi connectivity index (χ4n) is 3.16. The summed E-state index contributed by atoms with van der Waals surface area (Å²) >= 11 is 5.01. The molecule has 26 heavy (non-hydrogen) atoms. The van der Waals surface area contributed by atoms with Crippen LogP contribution in [0.4, 0.5) is 5.00 Å². The van der Waals surface area contributed by atoms with E-state index in [2.05, 4.69) is 26.6 Å². The first kappa shape index (κ1) is 19.1. The fraction of sp³-hybridized carbons (Fsp3) is 0.368. The Bertz CT molecular complexity index is 834. The maximum Gasteiger partial charge on any atom is 0.341 e. The van der Waals surface area contributed by atoms with Crippen molar-refractivity contribution in [3.63, 3.8) is 0 Å². The minimum Gasteiger partial charge on any atom is -0.465 e. The third-order valence-corrected chi connectivity index (χ3v) is 6.43. The van der Waals surface area contributed by atoms with Gasteiger partial charge in [-0.1, -0.05) is 34.1 Å². The van der Waals surface area contributed by atoms with Crippen LogP contribution >= 0.6 is 27.3 Å². The quantitative estimate of drug-likeness (QED) is 0.669. The van der Waals surface area contributed by atoms with Gasteiger partial charge in [0.25, 0.3) is 0 Å².